The average Bonchev–Trinajstić information content (AvgIpc) is 2.82. The Kier molecular flexibility index (Phi) is 5.34. The van der Waals surface area contributed by atoms with Gasteiger partial charge in [0, 0.05) is 18.3 Å². The van der Waals surface area contributed by atoms with E-state index in [0.29, 0.717) is 13.0 Å². The van der Waals surface area contributed by atoms with E-state index in [1.54, 1.807) is 11.3 Å². The Morgan fingerprint density at radius 1 is 1.53 bits per heavy atom. The second-order valence-electron chi connectivity index (χ2n) is 5.34. The van der Waals surface area contributed by atoms with E-state index in [1.807, 2.05) is 24.4 Å². The summed E-state index contributed by atoms with van der Waals surface area (Å²) in [6.07, 6.45) is 4.14. The first-order valence-corrected chi connectivity index (χ1v) is 7.88. The summed E-state index contributed by atoms with van der Waals surface area (Å²) < 4.78 is 0. The van der Waals surface area contributed by atoms with Gasteiger partial charge in [-0.15, -0.1) is 11.3 Å². The summed E-state index contributed by atoms with van der Waals surface area (Å²) >= 11 is 1.63. The monoisotopic (exact) mass is 281 g/mol. The number of carbonyl (C=O) groups is 1. The van der Waals surface area contributed by atoms with E-state index in [9.17, 15) is 4.79 Å². The molecule has 1 amide bonds. The Morgan fingerprint density at radius 2 is 2.26 bits per heavy atom. The molecule has 0 radical (unpaired) electrons. The molecule has 2 rings (SSSR count). The third-order valence-electron chi connectivity index (χ3n) is 3.88. The van der Waals surface area contributed by atoms with Gasteiger partial charge < -0.3 is 10.2 Å². The molecule has 1 aliphatic rings. The Hall–Kier alpha value is -0.940. The van der Waals surface area contributed by atoms with Gasteiger partial charge in [0.1, 0.15) is 0 Å². The highest BCUT2D eigenvalue weighted by Gasteiger charge is 2.17. The smallest absolute Gasteiger partial charge is 0.222 e. The van der Waals surface area contributed by atoms with Crippen LogP contribution in [0, 0.1) is 12.8 Å². The van der Waals surface area contributed by atoms with Crippen molar-refractivity contribution < 1.29 is 4.79 Å². The number of aryl methyl sites for hydroxylation is 1. The van der Waals surface area contributed by atoms with E-state index in [-0.39, 0.29) is 5.91 Å². The molecule has 0 saturated carbocycles. The summed E-state index contributed by atoms with van der Waals surface area (Å²) in [6, 6.07) is 0. The normalized spacial score (nSPS) is 16.5. The summed E-state index contributed by atoms with van der Waals surface area (Å²) in [6.45, 7) is 4.91. The number of piperidine rings is 1. The Balaban J connectivity index is 1.74. The van der Waals surface area contributed by atoms with Gasteiger partial charge in [-0.25, -0.2) is 4.98 Å². The lowest BCUT2D eigenvalue weighted by atomic mass is 9.93. The van der Waals surface area contributed by atoms with Crippen molar-refractivity contribution in [3.05, 3.63) is 16.1 Å². The van der Waals surface area contributed by atoms with Crippen LogP contribution in [-0.2, 0) is 11.3 Å². The molecular formula is C14H23N3OS. The molecule has 1 fully saturated rings. The van der Waals surface area contributed by atoms with E-state index in [1.165, 1.54) is 17.7 Å². The van der Waals surface area contributed by atoms with E-state index in [2.05, 4.69) is 10.3 Å². The first-order chi connectivity index (χ1) is 9.16. The summed E-state index contributed by atoms with van der Waals surface area (Å²) in [7, 11) is 1.89. The SMILES string of the molecule is Cc1ncsc1CN(C)C(=O)CCC1CCNCC1. The number of nitrogens with one attached hydrogen (secondary N) is 1. The highest BCUT2D eigenvalue weighted by atomic mass is 32.1. The number of hydrogen-bond acceptors (Lipinski definition) is 4. The Morgan fingerprint density at radius 3 is 2.89 bits per heavy atom. The molecule has 1 saturated heterocycles. The zero-order chi connectivity index (χ0) is 13.7. The lowest BCUT2D eigenvalue weighted by molar-refractivity contribution is -0.130. The molecule has 4 nitrogen and oxygen atoms in total. The lowest BCUT2D eigenvalue weighted by Crippen LogP contribution is -2.30. The van der Waals surface area contributed by atoms with Gasteiger partial charge in [-0.05, 0) is 45.2 Å². The molecule has 1 aromatic heterocycles. The minimum Gasteiger partial charge on any atom is -0.341 e. The third-order valence-corrected chi connectivity index (χ3v) is 4.80. The van der Waals surface area contributed by atoms with Gasteiger partial charge in [0.2, 0.25) is 5.91 Å². The fraction of sp³-hybridized carbons (Fsp3) is 0.714. The predicted molar refractivity (Wildman–Crippen MR) is 78.2 cm³/mol. The number of aromatic nitrogens is 1. The molecular weight excluding hydrogens is 258 g/mol. The van der Waals surface area contributed by atoms with Crippen LogP contribution in [-0.4, -0.2) is 35.9 Å². The largest absolute Gasteiger partial charge is 0.341 e. The number of carbonyl (C=O) groups excluding carboxylic acids is 1. The number of nitrogens with zero attached hydrogens (tertiary/aromatic N) is 2. The fourth-order valence-corrected chi connectivity index (χ4v) is 3.30. The van der Waals surface area contributed by atoms with Crippen LogP contribution in [0.2, 0.25) is 0 Å². The minimum absolute atomic E-state index is 0.256. The predicted octanol–water partition coefficient (Wildman–Crippen LogP) is 2.19. The van der Waals surface area contributed by atoms with Crippen LogP contribution in [0.5, 0.6) is 0 Å². The van der Waals surface area contributed by atoms with Crippen LogP contribution in [0.3, 0.4) is 0 Å². The third kappa shape index (κ3) is 4.28. The van der Waals surface area contributed by atoms with Gasteiger partial charge in [-0.3, -0.25) is 4.79 Å². The van der Waals surface area contributed by atoms with E-state index < -0.39 is 0 Å². The van der Waals surface area contributed by atoms with E-state index in [4.69, 9.17) is 0 Å². The van der Waals surface area contributed by atoms with Gasteiger partial charge in [0.05, 0.1) is 17.7 Å². The highest BCUT2D eigenvalue weighted by molar-refractivity contribution is 7.09. The number of rotatable bonds is 5. The lowest BCUT2D eigenvalue weighted by Gasteiger charge is -2.23. The van der Waals surface area contributed by atoms with Crippen molar-refractivity contribution in [2.75, 3.05) is 20.1 Å². The van der Waals surface area contributed by atoms with Crippen molar-refractivity contribution >= 4 is 17.2 Å². The summed E-state index contributed by atoms with van der Waals surface area (Å²) in [5.74, 6) is 0.982. The van der Waals surface area contributed by atoms with E-state index >= 15 is 0 Å². The molecule has 0 spiro atoms. The van der Waals surface area contributed by atoms with Crippen LogP contribution >= 0.6 is 11.3 Å². The zero-order valence-electron chi connectivity index (χ0n) is 11.8. The van der Waals surface area contributed by atoms with Crippen LogP contribution in [0.1, 0.15) is 36.3 Å². The highest BCUT2D eigenvalue weighted by Crippen LogP contribution is 2.19. The van der Waals surface area contributed by atoms with Crippen molar-refractivity contribution in [2.45, 2.75) is 39.2 Å². The minimum atomic E-state index is 0.256. The molecule has 0 aliphatic carbocycles. The molecule has 2 heterocycles. The second kappa shape index (κ2) is 7.01. The van der Waals surface area contributed by atoms with Crippen molar-refractivity contribution in [3.8, 4) is 0 Å². The van der Waals surface area contributed by atoms with Gasteiger partial charge in [-0.2, -0.15) is 0 Å². The molecule has 1 N–H and O–H groups in total. The fourth-order valence-electron chi connectivity index (χ4n) is 2.47. The average molecular weight is 281 g/mol. The van der Waals surface area contributed by atoms with Gasteiger partial charge in [0.15, 0.2) is 0 Å². The van der Waals surface area contributed by atoms with Crippen LogP contribution in [0.15, 0.2) is 5.51 Å². The second-order valence-corrected chi connectivity index (χ2v) is 6.28. The van der Waals surface area contributed by atoms with Crippen LogP contribution in [0.4, 0.5) is 0 Å². The first kappa shape index (κ1) is 14.5. The molecule has 0 bridgehead atoms. The van der Waals surface area contributed by atoms with Crippen LogP contribution < -0.4 is 5.32 Å². The zero-order valence-corrected chi connectivity index (χ0v) is 12.6. The standard InChI is InChI=1S/C14H23N3OS/c1-11-13(19-10-16-11)9-17(2)14(18)4-3-12-5-7-15-8-6-12/h10,12,15H,3-9H2,1-2H3. The maximum Gasteiger partial charge on any atom is 0.222 e. The summed E-state index contributed by atoms with van der Waals surface area (Å²) in [5, 5.41) is 3.36. The Labute approximate surface area is 119 Å². The molecule has 0 unspecified atom stereocenters. The first-order valence-electron chi connectivity index (χ1n) is 7.00. The molecule has 19 heavy (non-hydrogen) atoms. The van der Waals surface area contributed by atoms with Gasteiger partial charge in [0.25, 0.3) is 0 Å². The van der Waals surface area contributed by atoms with Crippen molar-refractivity contribution in [3.63, 3.8) is 0 Å². The van der Waals surface area contributed by atoms with Crippen molar-refractivity contribution in [1.82, 2.24) is 15.2 Å². The van der Waals surface area contributed by atoms with Gasteiger partial charge in [-0.1, -0.05) is 0 Å². The van der Waals surface area contributed by atoms with Crippen molar-refractivity contribution in [1.29, 1.82) is 0 Å². The molecule has 0 atom stereocenters. The van der Waals surface area contributed by atoms with Gasteiger partial charge >= 0.3 is 0 Å². The number of thiazole rings is 1. The topological polar surface area (TPSA) is 45.2 Å². The summed E-state index contributed by atoms with van der Waals surface area (Å²) in [5.41, 5.74) is 2.89. The molecule has 1 aromatic rings. The molecule has 5 heteroatoms. The van der Waals surface area contributed by atoms with E-state index in [0.717, 1.165) is 31.1 Å². The number of amides is 1. The molecule has 0 aromatic carbocycles. The maximum atomic E-state index is 12.1. The number of hydrogen-bond donors (Lipinski definition) is 1. The molecule has 1 aliphatic heterocycles. The summed E-state index contributed by atoms with van der Waals surface area (Å²) in [4.78, 5) is 19.4. The van der Waals surface area contributed by atoms with Crippen molar-refractivity contribution in [2.24, 2.45) is 5.92 Å². The Bertz CT molecular complexity index is 413. The van der Waals surface area contributed by atoms with Crippen LogP contribution in [0.25, 0.3) is 0 Å². The quantitative estimate of drug-likeness (QED) is 0.900. The molecule has 106 valence electrons. The maximum absolute atomic E-state index is 12.1.